The maximum absolute atomic E-state index is 13.2. The fourth-order valence-electron chi connectivity index (χ4n) is 3.82. The van der Waals surface area contributed by atoms with E-state index in [1.165, 1.54) is 23.4 Å². The Bertz CT molecular complexity index is 1180. The predicted octanol–water partition coefficient (Wildman–Crippen LogP) is 5.62. The fourth-order valence-corrected chi connectivity index (χ4v) is 4.63. The maximum atomic E-state index is 13.2. The molecule has 0 aliphatic heterocycles. The highest BCUT2D eigenvalue weighted by Gasteiger charge is 2.32. The molecule has 4 N–H and O–H groups in total. The zero-order valence-electron chi connectivity index (χ0n) is 17.3. The first-order chi connectivity index (χ1) is 15.3. The molecule has 1 amide bonds. The van der Waals surface area contributed by atoms with Gasteiger partial charge in [-0.3, -0.25) is 4.79 Å². The standard InChI is InChI=1S/C24H22F3N3OS/c1-29-17-3-5-19-14(11-17)10-15-12-18(4-6-20(15)19)30-23(31)21-13-16(24(25,26)27)2-7-22(21)32-9-8-28/h2-7,11-13,29H,8-10,28H2,1H3,(H,30,31). The predicted molar refractivity (Wildman–Crippen MR) is 123 cm³/mol. The van der Waals surface area contributed by atoms with Crippen LogP contribution in [-0.4, -0.2) is 25.3 Å². The van der Waals surface area contributed by atoms with Crippen molar-refractivity contribution in [3.63, 3.8) is 0 Å². The second-order valence-electron chi connectivity index (χ2n) is 7.47. The lowest BCUT2D eigenvalue weighted by atomic mass is 10.0. The number of fused-ring (bicyclic) bond motifs is 3. The van der Waals surface area contributed by atoms with E-state index in [0.29, 0.717) is 22.9 Å². The highest BCUT2D eigenvalue weighted by molar-refractivity contribution is 7.99. The quantitative estimate of drug-likeness (QED) is 0.329. The lowest BCUT2D eigenvalue weighted by Crippen LogP contribution is -2.16. The smallest absolute Gasteiger partial charge is 0.388 e. The Hall–Kier alpha value is -2.97. The van der Waals surface area contributed by atoms with Crippen LogP contribution in [0.15, 0.2) is 59.5 Å². The van der Waals surface area contributed by atoms with Crippen molar-refractivity contribution in [2.75, 3.05) is 30.0 Å². The van der Waals surface area contributed by atoms with E-state index in [-0.39, 0.29) is 5.56 Å². The van der Waals surface area contributed by atoms with Crippen molar-refractivity contribution in [3.05, 3.63) is 76.9 Å². The van der Waals surface area contributed by atoms with Gasteiger partial charge in [-0.25, -0.2) is 0 Å². The van der Waals surface area contributed by atoms with Crippen molar-refractivity contribution in [2.45, 2.75) is 17.5 Å². The summed E-state index contributed by atoms with van der Waals surface area (Å²) in [5, 5.41) is 5.90. The number of hydrogen-bond donors (Lipinski definition) is 3. The molecule has 0 fully saturated rings. The molecule has 3 aromatic carbocycles. The van der Waals surface area contributed by atoms with Gasteiger partial charge in [0.2, 0.25) is 0 Å². The zero-order chi connectivity index (χ0) is 22.9. The number of halogens is 3. The Balaban J connectivity index is 1.60. The first kappa shape index (κ1) is 22.2. The number of rotatable bonds is 6. The van der Waals surface area contributed by atoms with E-state index >= 15 is 0 Å². The molecule has 0 heterocycles. The van der Waals surface area contributed by atoms with Crippen LogP contribution in [0.25, 0.3) is 11.1 Å². The summed E-state index contributed by atoms with van der Waals surface area (Å²) in [6.07, 6.45) is -3.80. The maximum Gasteiger partial charge on any atom is 0.416 e. The minimum Gasteiger partial charge on any atom is -0.388 e. The first-order valence-electron chi connectivity index (χ1n) is 10.1. The van der Waals surface area contributed by atoms with Crippen molar-refractivity contribution >= 4 is 29.0 Å². The topological polar surface area (TPSA) is 67.1 Å². The van der Waals surface area contributed by atoms with Crippen molar-refractivity contribution in [2.24, 2.45) is 5.73 Å². The largest absolute Gasteiger partial charge is 0.416 e. The summed E-state index contributed by atoms with van der Waals surface area (Å²) in [5.74, 6) is -0.0827. The van der Waals surface area contributed by atoms with Crippen LogP contribution < -0.4 is 16.4 Å². The van der Waals surface area contributed by atoms with E-state index in [1.54, 1.807) is 6.07 Å². The molecule has 0 saturated heterocycles. The van der Waals surface area contributed by atoms with Crippen LogP contribution in [0.3, 0.4) is 0 Å². The minimum atomic E-state index is -4.53. The number of alkyl halides is 3. The number of thioether (sulfide) groups is 1. The molecule has 4 rings (SSSR count). The molecule has 4 nitrogen and oxygen atoms in total. The average molecular weight is 458 g/mol. The second-order valence-corrected chi connectivity index (χ2v) is 8.61. The number of benzene rings is 3. The molecule has 0 bridgehead atoms. The van der Waals surface area contributed by atoms with Crippen molar-refractivity contribution in [3.8, 4) is 11.1 Å². The van der Waals surface area contributed by atoms with Crippen LogP contribution in [0.5, 0.6) is 0 Å². The Morgan fingerprint density at radius 2 is 1.66 bits per heavy atom. The average Bonchev–Trinajstić information content (AvgIpc) is 3.13. The van der Waals surface area contributed by atoms with E-state index in [9.17, 15) is 18.0 Å². The molecule has 32 heavy (non-hydrogen) atoms. The van der Waals surface area contributed by atoms with Gasteiger partial charge < -0.3 is 16.4 Å². The third kappa shape index (κ3) is 4.47. The van der Waals surface area contributed by atoms with Gasteiger partial charge in [-0.2, -0.15) is 13.2 Å². The van der Waals surface area contributed by atoms with E-state index in [4.69, 9.17) is 5.73 Å². The van der Waals surface area contributed by atoms with Gasteiger partial charge >= 0.3 is 6.18 Å². The number of hydrogen-bond acceptors (Lipinski definition) is 4. The molecule has 1 aliphatic carbocycles. The summed E-state index contributed by atoms with van der Waals surface area (Å²) in [7, 11) is 1.87. The van der Waals surface area contributed by atoms with E-state index in [2.05, 4.69) is 22.8 Å². The summed E-state index contributed by atoms with van der Waals surface area (Å²) in [6.45, 7) is 0.355. The van der Waals surface area contributed by atoms with Gasteiger partial charge in [0.1, 0.15) is 0 Å². The molecule has 166 valence electrons. The van der Waals surface area contributed by atoms with Gasteiger partial charge in [-0.1, -0.05) is 12.1 Å². The molecule has 8 heteroatoms. The summed E-state index contributed by atoms with van der Waals surface area (Å²) in [4.78, 5) is 13.4. The Morgan fingerprint density at radius 1 is 1.00 bits per heavy atom. The number of anilines is 2. The van der Waals surface area contributed by atoms with Crippen LogP contribution in [0.2, 0.25) is 0 Å². The number of carbonyl (C=O) groups excluding carboxylic acids is 1. The summed E-state index contributed by atoms with van der Waals surface area (Å²) in [6, 6.07) is 15.0. The molecule has 0 saturated carbocycles. The second kappa shape index (κ2) is 8.88. The third-order valence-electron chi connectivity index (χ3n) is 5.36. The van der Waals surface area contributed by atoms with Crippen LogP contribution >= 0.6 is 11.8 Å². The van der Waals surface area contributed by atoms with Crippen LogP contribution in [-0.2, 0) is 12.6 Å². The van der Waals surface area contributed by atoms with Gasteiger partial charge in [0.15, 0.2) is 0 Å². The number of carbonyl (C=O) groups is 1. The summed E-state index contributed by atoms with van der Waals surface area (Å²) >= 11 is 1.26. The molecule has 0 atom stereocenters. The van der Waals surface area contributed by atoms with Crippen molar-refractivity contribution in [1.82, 2.24) is 0 Å². The Kier molecular flexibility index (Phi) is 6.17. The highest BCUT2D eigenvalue weighted by atomic mass is 32.2. The number of amides is 1. The van der Waals surface area contributed by atoms with Crippen LogP contribution in [0.1, 0.15) is 27.0 Å². The van der Waals surface area contributed by atoms with Crippen LogP contribution in [0.4, 0.5) is 24.5 Å². The van der Waals surface area contributed by atoms with Crippen molar-refractivity contribution < 1.29 is 18.0 Å². The molecule has 1 aliphatic rings. The molecule has 3 aromatic rings. The number of nitrogens with two attached hydrogens (primary N) is 1. The van der Waals surface area contributed by atoms with Gasteiger partial charge in [0.05, 0.1) is 11.1 Å². The monoisotopic (exact) mass is 457 g/mol. The Labute approximate surface area is 188 Å². The molecule has 0 spiro atoms. The van der Waals surface area contributed by atoms with Gasteiger partial charge in [-0.15, -0.1) is 11.8 Å². The van der Waals surface area contributed by atoms with E-state index < -0.39 is 17.6 Å². The SMILES string of the molecule is CNc1ccc2c(c1)Cc1cc(NC(=O)c3cc(C(F)(F)F)ccc3SCCN)ccc1-2. The lowest BCUT2D eigenvalue weighted by Gasteiger charge is -2.14. The zero-order valence-corrected chi connectivity index (χ0v) is 18.2. The minimum absolute atomic E-state index is 0.0132. The van der Waals surface area contributed by atoms with Gasteiger partial charge in [-0.05, 0) is 71.1 Å². The summed E-state index contributed by atoms with van der Waals surface area (Å²) in [5.41, 5.74) is 10.7. The Morgan fingerprint density at radius 3 is 2.28 bits per heavy atom. The van der Waals surface area contributed by atoms with Gasteiger partial charge in [0.25, 0.3) is 5.91 Å². The molecule has 0 radical (unpaired) electrons. The number of nitrogens with one attached hydrogen (secondary N) is 2. The summed E-state index contributed by atoms with van der Waals surface area (Å²) < 4.78 is 39.6. The normalized spacial score (nSPS) is 12.3. The van der Waals surface area contributed by atoms with E-state index in [0.717, 1.165) is 40.9 Å². The van der Waals surface area contributed by atoms with E-state index in [1.807, 2.05) is 25.2 Å². The van der Waals surface area contributed by atoms with Crippen LogP contribution in [0, 0.1) is 0 Å². The molecule has 0 unspecified atom stereocenters. The lowest BCUT2D eigenvalue weighted by molar-refractivity contribution is -0.137. The third-order valence-corrected chi connectivity index (χ3v) is 6.46. The van der Waals surface area contributed by atoms with Crippen molar-refractivity contribution in [1.29, 1.82) is 0 Å². The molecule has 0 aromatic heterocycles. The first-order valence-corrected chi connectivity index (χ1v) is 11.1. The molecular weight excluding hydrogens is 435 g/mol. The van der Waals surface area contributed by atoms with Gasteiger partial charge in [0, 0.05) is 35.6 Å². The highest BCUT2D eigenvalue weighted by Crippen LogP contribution is 2.39. The fraction of sp³-hybridized carbons (Fsp3) is 0.208. The molecular formula is C24H22F3N3OS.